The van der Waals surface area contributed by atoms with Crippen molar-refractivity contribution in [2.24, 2.45) is 7.05 Å². The lowest BCUT2D eigenvalue weighted by molar-refractivity contribution is 0.416. The third kappa shape index (κ3) is 3.47. The highest BCUT2D eigenvalue weighted by Crippen LogP contribution is 2.35. The molecular formula is C23H26BrN5O. The van der Waals surface area contributed by atoms with E-state index in [-0.39, 0.29) is 0 Å². The number of ether oxygens (including phenoxy) is 1. The van der Waals surface area contributed by atoms with Crippen molar-refractivity contribution in [3.8, 4) is 11.4 Å². The highest BCUT2D eigenvalue weighted by molar-refractivity contribution is 9.10. The zero-order valence-corrected chi connectivity index (χ0v) is 19.5. The number of nitrogens with one attached hydrogen (secondary N) is 1. The molecule has 1 N–H and O–H groups in total. The summed E-state index contributed by atoms with van der Waals surface area (Å²) in [5, 5.41) is 8.31. The Kier molecular flexibility index (Phi) is 5.56. The Bertz CT molecular complexity index is 1220. The number of fused-ring (bicyclic) bond motifs is 1. The Labute approximate surface area is 185 Å². The minimum Gasteiger partial charge on any atom is -0.495 e. The maximum Gasteiger partial charge on any atom is 0.208 e. The molecular weight excluding hydrogens is 442 g/mol. The minimum atomic E-state index is 0.752. The molecule has 7 heteroatoms. The first-order valence-electron chi connectivity index (χ1n) is 10.1. The Morgan fingerprint density at radius 1 is 1.13 bits per heavy atom. The van der Waals surface area contributed by atoms with E-state index < -0.39 is 0 Å². The summed E-state index contributed by atoms with van der Waals surface area (Å²) in [5.41, 5.74) is 7.26. The lowest BCUT2D eigenvalue weighted by atomic mass is 10.2. The first-order valence-corrected chi connectivity index (χ1v) is 10.9. The summed E-state index contributed by atoms with van der Waals surface area (Å²) in [7, 11) is 3.70. The number of methoxy groups -OCH3 is 1. The fraction of sp³-hybridized carbons (Fsp3) is 0.304. The molecule has 4 aromatic rings. The normalized spacial score (nSPS) is 11.3. The standard InChI is InChI=1S/C23H26BrN5O/c1-6-16-13-17(7-2)29(27-16)19-10-8-9-18-22(19)28(4)23(25-18)26-21-14(3)11-15(24)12-20(21)30-5/h8-13H,6-7H2,1-5H3,(H,25,26). The molecule has 0 atom stereocenters. The third-order valence-corrected chi connectivity index (χ3v) is 5.84. The van der Waals surface area contributed by atoms with Crippen molar-refractivity contribution in [1.29, 1.82) is 0 Å². The molecule has 0 aliphatic rings. The van der Waals surface area contributed by atoms with Crippen LogP contribution in [0.3, 0.4) is 0 Å². The van der Waals surface area contributed by atoms with Crippen molar-refractivity contribution in [3.63, 3.8) is 0 Å². The highest BCUT2D eigenvalue weighted by Gasteiger charge is 2.18. The van der Waals surface area contributed by atoms with Crippen LogP contribution in [0.25, 0.3) is 16.7 Å². The largest absolute Gasteiger partial charge is 0.495 e. The Hall–Kier alpha value is -2.80. The predicted molar refractivity (Wildman–Crippen MR) is 125 cm³/mol. The molecule has 2 aromatic carbocycles. The second-order valence-electron chi connectivity index (χ2n) is 7.31. The van der Waals surface area contributed by atoms with Gasteiger partial charge in [0.15, 0.2) is 0 Å². The van der Waals surface area contributed by atoms with Gasteiger partial charge in [-0.1, -0.05) is 35.8 Å². The van der Waals surface area contributed by atoms with Crippen molar-refractivity contribution in [1.82, 2.24) is 19.3 Å². The molecule has 0 spiro atoms. The summed E-state index contributed by atoms with van der Waals surface area (Å²) in [6, 6.07) is 12.4. The van der Waals surface area contributed by atoms with Crippen LogP contribution in [0.2, 0.25) is 0 Å². The number of aromatic nitrogens is 4. The Balaban J connectivity index is 1.86. The van der Waals surface area contributed by atoms with Gasteiger partial charge in [0.2, 0.25) is 5.95 Å². The van der Waals surface area contributed by atoms with E-state index in [1.165, 1.54) is 5.69 Å². The molecule has 6 nitrogen and oxygen atoms in total. The number of anilines is 2. The molecule has 2 aromatic heterocycles. The number of rotatable bonds is 6. The van der Waals surface area contributed by atoms with Gasteiger partial charge in [0.05, 0.1) is 35.2 Å². The average molecular weight is 468 g/mol. The van der Waals surface area contributed by atoms with E-state index in [1.807, 2.05) is 32.2 Å². The van der Waals surface area contributed by atoms with Crippen molar-refractivity contribution in [2.45, 2.75) is 33.6 Å². The third-order valence-electron chi connectivity index (χ3n) is 5.38. The molecule has 30 heavy (non-hydrogen) atoms. The van der Waals surface area contributed by atoms with Gasteiger partial charge in [-0.05, 0) is 55.7 Å². The van der Waals surface area contributed by atoms with Crippen LogP contribution in [-0.2, 0) is 19.9 Å². The summed E-state index contributed by atoms with van der Waals surface area (Å²) in [4.78, 5) is 4.86. The van der Waals surface area contributed by atoms with Crippen LogP contribution >= 0.6 is 15.9 Å². The van der Waals surface area contributed by atoms with E-state index >= 15 is 0 Å². The van der Waals surface area contributed by atoms with Gasteiger partial charge < -0.3 is 14.6 Å². The van der Waals surface area contributed by atoms with Gasteiger partial charge in [0.25, 0.3) is 0 Å². The monoisotopic (exact) mass is 467 g/mol. The van der Waals surface area contributed by atoms with Crippen molar-refractivity contribution in [3.05, 3.63) is 57.8 Å². The van der Waals surface area contributed by atoms with Crippen LogP contribution in [0, 0.1) is 6.92 Å². The van der Waals surface area contributed by atoms with Gasteiger partial charge in [-0.15, -0.1) is 0 Å². The van der Waals surface area contributed by atoms with Gasteiger partial charge in [-0.3, -0.25) is 0 Å². The molecule has 0 radical (unpaired) electrons. The minimum absolute atomic E-state index is 0.752. The average Bonchev–Trinajstić information content (AvgIpc) is 3.30. The smallest absolute Gasteiger partial charge is 0.208 e. The summed E-state index contributed by atoms with van der Waals surface area (Å²) in [6.45, 7) is 6.34. The van der Waals surface area contributed by atoms with Crippen molar-refractivity contribution in [2.75, 3.05) is 12.4 Å². The van der Waals surface area contributed by atoms with Gasteiger partial charge in [-0.2, -0.15) is 5.10 Å². The SMILES string of the molecule is CCc1cc(CC)n(-c2cccc3nc(Nc4c(C)cc(Br)cc4OC)n(C)c23)n1. The summed E-state index contributed by atoms with van der Waals surface area (Å²) in [5.74, 6) is 1.52. The second kappa shape index (κ2) is 8.14. The number of nitrogens with zero attached hydrogens (tertiary/aromatic N) is 4. The Morgan fingerprint density at radius 3 is 2.63 bits per heavy atom. The van der Waals surface area contributed by atoms with Crippen LogP contribution < -0.4 is 10.1 Å². The van der Waals surface area contributed by atoms with Gasteiger partial charge >= 0.3 is 0 Å². The summed E-state index contributed by atoms with van der Waals surface area (Å²) >= 11 is 3.53. The predicted octanol–water partition coefficient (Wildman–Crippen LogP) is 5.71. The molecule has 0 amide bonds. The molecule has 0 unspecified atom stereocenters. The maximum atomic E-state index is 5.59. The summed E-state index contributed by atoms with van der Waals surface area (Å²) < 4.78 is 10.7. The number of benzene rings is 2. The number of hydrogen-bond donors (Lipinski definition) is 1. The zero-order chi connectivity index (χ0) is 21.4. The molecule has 0 aliphatic carbocycles. The lowest BCUT2D eigenvalue weighted by Crippen LogP contribution is -2.06. The molecule has 2 heterocycles. The second-order valence-corrected chi connectivity index (χ2v) is 8.23. The highest BCUT2D eigenvalue weighted by atomic mass is 79.9. The summed E-state index contributed by atoms with van der Waals surface area (Å²) in [6.07, 6.45) is 1.83. The van der Waals surface area contributed by atoms with Crippen LogP contribution in [-0.4, -0.2) is 26.4 Å². The molecule has 156 valence electrons. The van der Waals surface area contributed by atoms with E-state index in [2.05, 4.69) is 62.5 Å². The van der Waals surface area contributed by atoms with Crippen LogP contribution in [0.1, 0.15) is 30.8 Å². The maximum absolute atomic E-state index is 5.59. The van der Waals surface area contributed by atoms with E-state index in [4.69, 9.17) is 14.8 Å². The van der Waals surface area contributed by atoms with Crippen molar-refractivity contribution >= 4 is 38.6 Å². The van der Waals surface area contributed by atoms with Crippen LogP contribution in [0.4, 0.5) is 11.6 Å². The van der Waals surface area contributed by atoms with E-state index in [9.17, 15) is 0 Å². The number of halogens is 1. The number of para-hydroxylation sites is 1. The molecule has 0 bridgehead atoms. The molecule has 0 saturated carbocycles. The number of aryl methyl sites for hydroxylation is 4. The van der Waals surface area contributed by atoms with Crippen molar-refractivity contribution < 1.29 is 4.74 Å². The van der Waals surface area contributed by atoms with E-state index in [0.717, 1.165) is 62.7 Å². The van der Waals surface area contributed by atoms with E-state index in [0.29, 0.717) is 0 Å². The Morgan fingerprint density at radius 2 is 1.93 bits per heavy atom. The topological polar surface area (TPSA) is 56.9 Å². The van der Waals surface area contributed by atoms with E-state index in [1.54, 1.807) is 7.11 Å². The fourth-order valence-electron chi connectivity index (χ4n) is 3.78. The van der Waals surface area contributed by atoms with Gasteiger partial charge in [-0.25, -0.2) is 9.67 Å². The first kappa shape index (κ1) is 20.5. The molecule has 4 rings (SSSR count). The number of imidazole rings is 1. The molecule has 0 fully saturated rings. The fourth-order valence-corrected chi connectivity index (χ4v) is 4.34. The van der Waals surface area contributed by atoms with Gasteiger partial charge in [0, 0.05) is 17.2 Å². The molecule has 0 aliphatic heterocycles. The quantitative estimate of drug-likeness (QED) is 0.394. The lowest BCUT2D eigenvalue weighted by Gasteiger charge is -2.15. The molecule has 0 saturated heterocycles. The van der Waals surface area contributed by atoms with Gasteiger partial charge in [0.1, 0.15) is 5.75 Å². The van der Waals surface area contributed by atoms with Crippen LogP contribution in [0.5, 0.6) is 5.75 Å². The first-order chi connectivity index (χ1) is 14.5. The zero-order valence-electron chi connectivity index (χ0n) is 18.0. The van der Waals surface area contributed by atoms with Crippen LogP contribution in [0.15, 0.2) is 40.9 Å². The number of hydrogen-bond acceptors (Lipinski definition) is 4.